The quantitative estimate of drug-likeness (QED) is 0.648. The van der Waals surface area contributed by atoms with Crippen LogP contribution in [-0.4, -0.2) is 29.5 Å². The zero-order valence-electron chi connectivity index (χ0n) is 15.4. The van der Waals surface area contributed by atoms with Crippen LogP contribution in [0.1, 0.15) is 41.8 Å². The maximum Gasteiger partial charge on any atom is 0.335 e. The first kappa shape index (κ1) is 19.7. The van der Waals surface area contributed by atoms with Crippen LogP contribution in [0.5, 0.6) is 0 Å². The second kappa shape index (κ2) is 8.30. The molecule has 0 fully saturated rings. The molecular weight excluding hydrogens is 380 g/mol. The highest BCUT2D eigenvalue weighted by molar-refractivity contribution is 7.90. The van der Waals surface area contributed by atoms with E-state index in [0.717, 1.165) is 0 Å². The van der Waals surface area contributed by atoms with Gasteiger partial charge in [0.1, 0.15) is 11.7 Å². The predicted molar refractivity (Wildman–Crippen MR) is 101 cm³/mol. The van der Waals surface area contributed by atoms with E-state index in [9.17, 15) is 13.2 Å². The summed E-state index contributed by atoms with van der Waals surface area (Å²) in [6, 6.07) is 13.1. The Morgan fingerprint density at radius 2 is 1.79 bits per heavy atom. The summed E-state index contributed by atoms with van der Waals surface area (Å²) >= 11 is 0. The zero-order chi connectivity index (χ0) is 20.1. The summed E-state index contributed by atoms with van der Waals surface area (Å²) in [5, 5.41) is 9.86. The number of nitrogens with zero attached hydrogens (tertiary/aromatic N) is 3. The van der Waals surface area contributed by atoms with Gasteiger partial charge in [-0.1, -0.05) is 55.3 Å². The van der Waals surface area contributed by atoms with E-state index in [1.165, 1.54) is 6.20 Å². The lowest BCUT2D eigenvalue weighted by Gasteiger charge is -2.18. The van der Waals surface area contributed by atoms with Gasteiger partial charge < -0.3 is 9.73 Å². The Kier molecular flexibility index (Phi) is 5.84. The van der Waals surface area contributed by atoms with E-state index in [2.05, 4.69) is 20.5 Å². The normalized spacial score (nSPS) is 12.7. The fourth-order valence-electron chi connectivity index (χ4n) is 2.55. The molecule has 2 heterocycles. The van der Waals surface area contributed by atoms with E-state index in [-0.39, 0.29) is 23.3 Å². The minimum absolute atomic E-state index is 0.0333. The second-order valence-electron chi connectivity index (χ2n) is 6.56. The van der Waals surface area contributed by atoms with Crippen molar-refractivity contribution in [2.45, 2.75) is 30.9 Å². The molecule has 0 aliphatic rings. The third kappa shape index (κ3) is 4.61. The first-order chi connectivity index (χ1) is 13.4. The molecular formula is C19H20N4O4S. The first-order valence-electron chi connectivity index (χ1n) is 8.69. The van der Waals surface area contributed by atoms with Crippen molar-refractivity contribution >= 4 is 15.7 Å². The van der Waals surface area contributed by atoms with Crippen LogP contribution in [0.15, 0.2) is 64.4 Å². The molecule has 3 rings (SSSR count). The molecule has 0 unspecified atom stereocenters. The van der Waals surface area contributed by atoms with Crippen LogP contribution < -0.4 is 5.32 Å². The van der Waals surface area contributed by atoms with Crippen molar-refractivity contribution in [3.8, 4) is 0 Å². The maximum atomic E-state index is 12.6. The van der Waals surface area contributed by atoms with Crippen molar-refractivity contribution in [1.82, 2.24) is 20.5 Å². The summed E-state index contributed by atoms with van der Waals surface area (Å²) in [7, 11) is -3.80. The number of carbonyl (C=O) groups excluding carboxylic acids is 1. The van der Waals surface area contributed by atoms with Crippen molar-refractivity contribution in [2.24, 2.45) is 5.92 Å². The molecule has 1 N–H and O–H groups in total. The van der Waals surface area contributed by atoms with Crippen LogP contribution in [0.25, 0.3) is 0 Å². The molecule has 0 saturated carbocycles. The fourth-order valence-corrected chi connectivity index (χ4v) is 3.69. The Labute approximate surface area is 162 Å². The third-order valence-electron chi connectivity index (χ3n) is 4.00. The summed E-state index contributed by atoms with van der Waals surface area (Å²) in [5.74, 6) is -0.739. The highest BCUT2D eigenvalue weighted by Crippen LogP contribution is 2.23. The number of benzene rings is 1. The largest absolute Gasteiger partial charge is 0.410 e. The van der Waals surface area contributed by atoms with E-state index < -0.39 is 27.0 Å². The number of aromatic nitrogens is 3. The number of nitrogens with one attached hydrogen (secondary N) is 1. The lowest BCUT2D eigenvalue weighted by molar-refractivity contribution is 0.0910. The Morgan fingerprint density at radius 1 is 1.07 bits per heavy atom. The third-order valence-corrected chi connectivity index (χ3v) is 5.41. The smallest absolute Gasteiger partial charge is 0.335 e. The summed E-state index contributed by atoms with van der Waals surface area (Å²) in [6.07, 6.45) is 1.51. The van der Waals surface area contributed by atoms with Crippen molar-refractivity contribution in [3.63, 3.8) is 0 Å². The lowest BCUT2D eigenvalue weighted by Crippen LogP contribution is -2.32. The van der Waals surface area contributed by atoms with E-state index in [1.54, 1.807) is 48.5 Å². The van der Waals surface area contributed by atoms with Gasteiger partial charge in [0.2, 0.25) is 15.7 Å². The minimum atomic E-state index is -3.80. The molecule has 0 saturated heterocycles. The number of hydrogen-bond donors (Lipinski definition) is 1. The number of sulfone groups is 1. The average Bonchev–Trinajstić information content (AvgIpc) is 3.17. The monoisotopic (exact) mass is 400 g/mol. The number of amides is 1. The summed E-state index contributed by atoms with van der Waals surface area (Å²) in [4.78, 5) is 16.4. The van der Waals surface area contributed by atoms with E-state index >= 15 is 0 Å². The second-order valence-corrected chi connectivity index (χ2v) is 8.43. The van der Waals surface area contributed by atoms with E-state index in [4.69, 9.17) is 4.42 Å². The van der Waals surface area contributed by atoms with Gasteiger partial charge in [0.25, 0.3) is 5.91 Å². The van der Waals surface area contributed by atoms with Gasteiger partial charge in [-0.25, -0.2) is 8.42 Å². The number of hydrogen-bond acceptors (Lipinski definition) is 7. The molecule has 0 aliphatic heterocycles. The van der Waals surface area contributed by atoms with Gasteiger partial charge in [0, 0.05) is 6.20 Å². The molecule has 9 heteroatoms. The summed E-state index contributed by atoms with van der Waals surface area (Å²) in [6.45, 7) is 3.71. The first-order valence-corrected chi connectivity index (χ1v) is 10.3. The van der Waals surface area contributed by atoms with E-state index in [1.807, 2.05) is 13.8 Å². The fraction of sp³-hybridized carbons (Fsp3) is 0.263. The number of pyridine rings is 1. The molecule has 8 nitrogen and oxygen atoms in total. The summed E-state index contributed by atoms with van der Waals surface area (Å²) < 4.78 is 30.6. The molecule has 2 aromatic heterocycles. The van der Waals surface area contributed by atoms with Crippen LogP contribution >= 0.6 is 0 Å². The van der Waals surface area contributed by atoms with Crippen LogP contribution in [0.3, 0.4) is 0 Å². The minimum Gasteiger partial charge on any atom is -0.410 e. The Balaban J connectivity index is 1.80. The Hall–Kier alpha value is -3.07. The average molecular weight is 400 g/mol. The van der Waals surface area contributed by atoms with Gasteiger partial charge in [0.15, 0.2) is 0 Å². The van der Waals surface area contributed by atoms with Gasteiger partial charge in [-0.3, -0.25) is 9.78 Å². The van der Waals surface area contributed by atoms with Gasteiger partial charge >= 0.3 is 5.22 Å². The molecule has 28 heavy (non-hydrogen) atoms. The standard InChI is InChI=1S/C19H20N4O4S/c1-13(2)16(21-17(24)15-10-6-7-11-20-15)18-22-23-19(27-18)28(25,26)12-14-8-4-3-5-9-14/h3-11,13,16H,12H2,1-2H3,(H,21,24)/t16-/m0/s1. The molecule has 3 aromatic rings. The molecule has 0 aliphatic carbocycles. The van der Waals surface area contributed by atoms with Gasteiger partial charge in [-0.15, -0.1) is 5.10 Å². The SMILES string of the molecule is CC(C)[C@H](NC(=O)c1ccccn1)c1nnc(S(=O)(=O)Cc2ccccc2)o1. The Bertz CT molecular complexity index is 1030. The van der Waals surface area contributed by atoms with Gasteiger partial charge in [0.05, 0.1) is 5.75 Å². The van der Waals surface area contributed by atoms with Crippen molar-refractivity contribution in [3.05, 3.63) is 71.9 Å². The van der Waals surface area contributed by atoms with Gasteiger partial charge in [-0.2, -0.15) is 0 Å². The summed E-state index contributed by atoms with van der Waals surface area (Å²) in [5.41, 5.74) is 0.857. The molecule has 0 spiro atoms. The molecule has 1 atom stereocenters. The number of carbonyl (C=O) groups is 1. The predicted octanol–water partition coefficient (Wildman–Crippen LogP) is 2.57. The van der Waals surface area contributed by atoms with Crippen molar-refractivity contribution in [1.29, 1.82) is 0 Å². The van der Waals surface area contributed by atoms with Crippen LogP contribution in [0, 0.1) is 5.92 Å². The highest BCUT2D eigenvalue weighted by atomic mass is 32.2. The van der Waals surface area contributed by atoms with E-state index in [0.29, 0.717) is 5.56 Å². The van der Waals surface area contributed by atoms with Crippen molar-refractivity contribution in [2.75, 3.05) is 0 Å². The molecule has 1 amide bonds. The lowest BCUT2D eigenvalue weighted by atomic mass is 10.0. The highest BCUT2D eigenvalue weighted by Gasteiger charge is 2.29. The van der Waals surface area contributed by atoms with Crippen LogP contribution in [-0.2, 0) is 15.6 Å². The molecule has 0 radical (unpaired) electrons. The van der Waals surface area contributed by atoms with Crippen molar-refractivity contribution < 1.29 is 17.6 Å². The van der Waals surface area contributed by atoms with Crippen LogP contribution in [0.2, 0.25) is 0 Å². The molecule has 1 aromatic carbocycles. The molecule has 0 bridgehead atoms. The molecule has 146 valence electrons. The zero-order valence-corrected chi connectivity index (χ0v) is 16.3. The number of rotatable bonds is 7. The van der Waals surface area contributed by atoms with Crippen LogP contribution in [0.4, 0.5) is 0 Å². The topological polar surface area (TPSA) is 115 Å². The Morgan fingerprint density at radius 3 is 2.43 bits per heavy atom. The van der Waals surface area contributed by atoms with Gasteiger partial charge in [-0.05, 0) is 23.6 Å². The maximum absolute atomic E-state index is 12.6.